The quantitative estimate of drug-likeness (QED) is 0.489. The van der Waals surface area contributed by atoms with Gasteiger partial charge in [-0.15, -0.1) is 11.3 Å². The van der Waals surface area contributed by atoms with Crippen LogP contribution in [-0.4, -0.2) is 15.7 Å². The maximum Gasteiger partial charge on any atom is 0.269 e. The first kappa shape index (κ1) is 19.1. The Labute approximate surface area is 172 Å². The first-order chi connectivity index (χ1) is 14.1. The summed E-state index contributed by atoms with van der Waals surface area (Å²) in [6.07, 6.45) is 0. The first-order valence-corrected chi connectivity index (χ1v) is 10.2. The molecule has 2 heterocycles. The second kappa shape index (κ2) is 8.41. The maximum atomic E-state index is 13.2. The Morgan fingerprint density at radius 1 is 1.10 bits per heavy atom. The van der Waals surface area contributed by atoms with E-state index in [4.69, 9.17) is 0 Å². The van der Waals surface area contributed by atoms with Crippen LogP contribution in [0.15, 0.2) is 72.1 Å². The normalized spacial score (nSPS) is 10.8. The molecule has 4 rings (SSSR count). The zero-order valence-electron chi connectivity index (χ0n) is 15.9. The van der Waals surface area contributed by atoms with E-state index in [2.05, 4.69) is 10.4 Å². The zero-order valence-corrected chi connectivity index (χ0v) is 16.7. The Hall–Kier alpha value is -3.25. The molecule has 0 aliphatic heterocycles. The number of thiophene rings is 1. The van der Waals surface area contributed by atoms with E-state index in [1.54, 1.807) is 28.2 Å². The average Bonchev–Trinajstić information content (AvgIpc) is 3.39. The van der Waals surface area contributed by atoms with Crippen molar-refractivity contribution in [3.05, 3.63) is 100 Å². The Morgan fingerprint density at radius 3 is 2.62 bits per heavy atom. The molecule has 0 atom stereocenters. The molecule has 2 aromatic carbocycles. The minimum absolute atomic E-state index is 0.189. The molecule has 6 heteroatoms. The van der Waals surface area contributed by atoms with Crippen LogP contribution in [0.1, 0.15) is 27.2 Å². The van der Waals surface area contributed by atoms with Gasteiger partial charge in [0.05, 0.1) is 11.4 Å². The van der Waals surface area contributed by atoms with Crippen molar-refractivity contribution in [1.29, 1.82) is 0 Å². The molecule has 0 unspecified atom stereocenters. The highest BCUT2D eigenvalue weighted by Crippen LogP contribution is 2.25. The molecule has 0 bridgehead atoms. The number of carbonyl (C=O) groups is 1. The van der Waals surface area contributed by atoms with Crippen molar-refractivity contribution >= 4 is 17.2 Å². The molecule has 29 heavy (non-hydrogen) atoms. The second-order valence-corrected chi connectivity index (χ2v) is 7.73. The monoisotopic (exact) mass is 405 g/mol. The number of carbonyl (C=O) groups excluding carboxylic acids is 1. The second-order valence-electron chi connectivity index (χ2n) is 6.79. The highest BCUT2D eigenvalue weighted by atomic mass is 32.1. The topological polar surface area (TPSA) is 46.9 Å². The molecular formula is C23H20FN3OS. The molecular weight excluding hydrogens is 385 g/mol. The zero-order chi connectivity index (χ0) is 20.2. The lowest BCUT2D eigenvalue weighted by molar-refractivity contribution is 0.0940. The van der Waals surface area contributed by atoms with Gasteiger partial charge in [0.1, 0.15) is 17.2 Å². The van der Waals surface area contributed by atoms with Gasteiger partial charge >= 0.3 is 0 Å². The van der Waals surface area contributed by atoms with Gasteiger partial charge in [0.2, 0.25) is 0 Å². The van der Waals surface area contributed by atoms with Gasteiger partial charge < -0.3 is 5.32 Å². The number of nitrogens with zero attached hydrogens (tertiary/aromatic N) is 2. The van der Waals surface area contributed by atoms with E-state index >= 15 is 0 Å². The van der Waals surface area contributed by atoms with Crippen molar-refractivity contribution in [2.45, 2.75) is 20.0 Å². The lowest BCUT2D eigenvalue weighted by atomic mass is 10.1. The number of halogens is 1. The SMILES string of the molecule is Cc1ccccc1CNC(=O)c1cc(-c2cccs2)nn1Cc1ccc(F)cc1. The van der Waals surface area contributed by atoms with Crippen molar-refractivity contribution in [3.8, 4) is 10.6 Å². The first-order valence-electron chi connectivity index (χ1n) is 9.29. The summed E-state index contributed by atoms with van der Waals surface area (Å²) in [5.41, 5.74) is 4.31. The van der Waals surface area contributed by atoms with Crippen LogP contribution >= 0.6 is 11.3 Å². The lowest BCUT2D eigenvalue weighted by Gasteiger charge is -2.10. The van der Waals surface area contributed by atoms with E-state index in [1.807, 2.05) is 54.8 Å². The van der Waals surface area contributed by atoms with Crippen LogP contribution in [0, 0.1) is 12.7 Å². The summed E-state index contributed by atoms with van der Waals surface area (Å²) in [5.74, 6) is -0.477. The third-order valence-corrected chi connectivity index (χ3v) is 5.62. The van der Waals surface area contributed by atoms with Gasteiger partial charge in [-0.1, -0.05) is 42.5 Å². The Morgan fingerprint density at radius 2 is 1.90 bits per heavy atom. The van der Waals surface area contributed by atoms with Crippen LogP contribution in [-0.2, 0) is 13.1 Å². The number of benzene rings is 2. The van der Waals surface area contributed by atoms with E-state index in [0.29, 0.717) is 18.8 Å². The molecule has 0 fully saturated rings. The number of aromatic nitrogens is 2. The fourth-order valence-electron chi connectivity index (χ4n) is 3.10. The molecule has 4 nitrogen and oxygen atoms in total. The summed E-state index contributed by atoms with van der Waals surface area (Å²) in [4.78, 5) is 13.9. The lowest BCUT2D eigenvalue weighted by Crippen LogP contribution is -2.26. The predicted molar refractivity (Wildman–Crippen MR) is 113 cm³/mol. The van der Waals surface area contributed by atoms with Crippen molar-refractivity contribution in [2.24, 2.45) is 0 Å². The molecule has 1 N–H and O–H groups in total. The highest BCUT2D eigenvalue weighted by molar-refractivity contribution is 7.13. The summed E-state index contributed by atoms with van der Waals surface area (Å²) < 4.78 is 14.9. The highest BCUT2D eigenvalue weighted by Gasteiger charge is 2.17. The summed E-state index contributed by atoms with van der Waals surface area (Å²) in [6, 6.07) is 19.9. The van der Waals surface area contributed by atoms with Crippen LogP contribution < -0.4 is 5.32 Å². The fourth-order valence-corrected chi connectivity index (χ4v) is 3.78. The molecule has 1 amide bonds. The fraction of sp³-hybridized carbons (Fsp3) is 0.130. The number of amides is 1. The van der Waals surface area contributed by atoms with Crippen LogP contribution in [0.25, 0.3) is 10.6 Å². The van der Waals surface area contributed by atoms with Crippen molar-refractivity contribution < 1.29 is 9.18 Å². The summed E-state index contributed by atoms with van der Waals surface area (Å²) in [7, 11) is 0. The molecule has 4 aromatic rings. The van der Waals surface area contributed by atoms with Gasteiger partial charge in [0, 0.05) is 6.54 Å². The summed E-state index contributed by atoms with van der Waals surface area (Å²) >= 11 is 1.57. The van der Waals surface area contributed by atoms with Crippen LogP contribution in [0.5, 0.6) is 0 Å². The van der Waals surface area contributed by atoms with Crippen LogP contribution in [0.2, 0.25) is 0 Å². The van der Waals surface area contributed by atoms with Gasteiger partial charge in [-0.3, -0.25) is 9.48 Å². The Bertz CT molecular complexity index is 1120. The van der Waals surface area contributed by atoms with Crippen molar-refractivity contribution in [1.82, 2.24) is 15.1 Å². The largest absolute Gasteiger partial charge is 0.347 e. The molecule has 0 aliphatic rings. The molecule has 146 valence electrons. The number of hydrogen-bond donors (Lipinski definition) is 1. The van der Waals surface area contributed by atoms with E-state index in [0.717, 1.165) is 27.3 Å². The van der Waals surface area contributed by atoms with Gasteiger partial charge in [-0.2, -0.15) is 5.10 Å². The molecule has 0 radical (unpaired) electrons. The Kier molecular flexibility index (Phi) is 5.53. The van der Waals surface area contributed by atoms with Crippen molar-refractivity contribution in [2.75, 3.05) is 0 Å². The van der Waals surface area contributed by atoms with E-state index in [9.17, 15) is 9.18 Å². The summed E-state index contributed by atoms with van der Waals surface area (Å²) in [5, 5.41) is 9.61. The number of nitrogens with one attached hydrogen (secondary N) is 1. The smallest absolute Gasteiger partial charge is 0.269 e. The van der Waals surface area contributed by atoms with E-state index < -0.39 is 0 Å². The number of rotatable bonds is 6. The maximum absolute atomic E-state index is 13.2. The van der Waals surface area contributed by atoms with Crippen LogP contribution in [0.3, 0.4) is 0 Å². The summed E-state index contributed by atoms with van der Waals surface area (Å²) in [6.45, 7) is 2.86. The van der Waals surface area contributed by atoms with Gasteiger partial charge in [-0.05, 0) is 53.3 Å². The third-order valence-electron chi connectivity index (χ3n) is 4.73. The molecule has 0 saturated heterocycles. The van der Waals surface area contributed by atoms with Gasteiger partial charge in [0.15, 0.2) is 0 Å². The third kappa shape index (κ3) is 4.43. The molecule has 0 saturated carbocycles. The number of hydrogen-bond acceptors (Lipinski definition) is 3. The molecule has 2 aromatic heterocycles. The van der Waals surface area contributed by atoms with E-state index in [1.165, 1.54) is 12.1 Å². The minimum atomic E-state index is -0.287. The Balaban J connectivity index is 1.60. The standard InChI is InChI=1S/C23H20FN3OS/c1-16-5-2-3-6-18(16)14-25-23(28)21-13-20(22-7-4-12-29-22)26-27(21)15-17-8-10-19(24)11-9-17/h2-13H,14-15H2,1H3,(H,25,28). The van der Waals surface area contributed by atoms with Crippen molar-refractivity contribution in [3.63, 3.8) is 0 Å². The minimum Gasteiger partial charge on any atom is -0.347 e. The van der Waals surface area contributed by atoms with Gasteiger partial charge in [0.25, 0.3) is 5.91 Å². The molecule has 0 spiro atoms. The number of aryl methyl sites for hydroxylation is 1. The van der Waals surface area contributed by atoms with Crippen LogP contribution in [0.4, 0.5) is 4.39 Å². The van der Waals surface area contributed by atoms with E-state index in [-0.39, 0.29) is 11.7 Å². The molecule has 0 aliphatic carbocycles. The predicted octanol–water partition coefficient (Wildman–Crippen LogP) is 5.04. The average molecular weight is 405 g/mol. The van der Waals surface area contributed by atoms with Gasteiger partial charge in [-0.25, -0.2) is 4.39 Å².